The molecule has 0 aromatic rings. The summed E-state index contributed by atoms with van der Waals surface area (Å²) >= 11 is 0. The van der Waals surface area contributed by atoms with Crippen LogP contribution < -0.4 is 5.43 Å². The van der Waals surface area contributed by atoms with E-state index in [1.165, 1.54) is 32.1 Å². The van der Waals surface area contributed by atoms with Gasteiger partial charge >= 0.3 is 0 Å². The number of hydrazine groups is 1. The number of fused-ring (bicyclic) bond motifs is 1. The van der Waals surface area contributed by atoms with Crippen LogP contribution in [-0.4, -0.2) is 35.8 Å². The molecule has 5 atom stereocenters. The van der Waals surface area contributed by atoms with Crippen molar-refractivity contribution >= 4 is 0 Å². The Kier molecular flexibility index (Phi) is 3.65. The van der Waals surface area contributed by atoms with Gasteiger partial charge in [-0.15, -0.1) is 0 Å². The highest BCUT2D eigenvalue weighted by Gasteiger charge is 2.58. The maximum absolute atomic E-state index is 6.01. The molecule has 2 aliphatic heterocycles. The number of hydrogen-bond donors (Lipinski definition) is 1. The molecule has 3 fully saturated rings. The minimum absolute atomic E-state index is 0.280. The molecule has 1 saturated carbocycles. The number of hydrogen-bond acceptors (Lipinski definition) is 3. The molecule has 0 bridgehead atoms. The molecular formula is C16H30N2O. The van der Waals surface area contributed by atoms with Gasteiger partial charge < -0.3 is 4.74 Å². The third-order valence-corrected chi connectivity index (χ3v) is 5.81. The molecular weight excluding hydrogens is 236 g/mol. The van der Waals surface area contributed by atoms with Gasteiger partial charge in [0.15, 0.2) is 0 Å². The van der Waals surface area contributed by atoms with Crippen LogP contribution in [0.2, 0.25) is 0 Å². The van der Waals surface area contributed by atoms with E-state index < -0.39 is 0 Å². The van der Waals surface area contributed by atoms with Crippen LogP contribution in [0.15, 0.2) is 0 Å². The van der Waals surface area contributed by atoms with Gasteiger partial charge in [-0.3, -0.25) is 5.43 Å². The van der Waals surface area contributed by atoms with Crippen molar-refractivity contribution in [2.75, 3.05) is 6.61 Å². The quantitative estimate of drug-likeness (QED) is 0.831. The zero-order valence-corrected chi connectivity index (χ0v) is 13.0. The maximum Gasteiger partial charge on any atom is 0.0685 e. The highest BCUT2D eigenvalue weighted by molar-refractivity contribution is 5.10. The molecule has 0 amide bonds. The molecule has 5 unspecified atom stereocenters. The Bertz CT molecular complexity index is 321. The zero-order valence-electron chi connectivity index (χ0n) is 13.0. The van der Waals surface area contributed by atoms with Crippen LogP contribution in [0.25, 0.3) is 0 Å². The van der Waals surface area contributed by atoms with Crippen molar-refractivity contribution in [2.24, 2.45) is 11.3 Å². The highest BCUT2D eigenvalue weighted by atomic mass is 16.5. The van der Waals surface area contributed by atoms with E-state index in [-0.39, 0.29) is 5.41 Å². The Balaban J connectivity index is 1.68. The van der Waals surface area contributed by atoms with Gasteiger partial charge in [0.2, 0.25) is 0 Å². The summed E-state index contributed by atoms with van der Waals surface area (Å²) in [6.07, 6.45) is 7.09. The summed E-state index contributed by atoms with van der Waals surface area (Å²) in [4.78, 5) is 0. The van der Waals surface area contributed by atoms with Crippen LogP contribution >= 0.6 is 0 Å². The summed E-state index contributed by atoms with van der Waals surface area (Å²) in [7, 11) is 0. The normalized spacial score (nSPS) is 46.4. The first-order chi connectivity index (χ1) is 9.01. The average molecular weight is 266 g/mol. The lowest BCUT2D eigenvalue weighted by Gasteiger charge is -2.61. The van der Waals surface area contributed by atoms with E-state index in [2.05, 4.69) is 38.1 Å². The molecule has 0 spiro atoms. The lowest BCUT2D eigenvalue weighted by Crippen LogP contribution is -2.73. The summed E-state index contributed by atoms with van der Waals surface area (Å²) in [6.45, 7) is 10.4. The van der Waals surface area contributed by atoms with Crippen LogP contribution in [0, 0.1) is 11.3 Å². The van der Waals surface area contributed by atoms with Crippen LogP contribution in [0.3, 0.4) is 0 Å². The molecule has 2 saturated heterocycles. The zero-order chi connectivity index (χ0) is 13.6. The smallest absolute Gasteiger partial charge is 0.0685 e. The minimum Gasteiger partial charge on any atom is -0.377 e. The van der Waals surface area contributed by atoms with Crippen molar-refractivity contribution in [2.45, 2.75) is 84.0 Å². The molecule has 1 N–H and O–H groups in total. The Morgan fingerprint density at radius 1 is 1.05 bits per heavy atom. The molecule has 110 valence electrons. The molecule has 2 heterocycles. The topological polar surface area (TPSA) is 24.5 Å². The van der Waals surface area contributed by atoms with Crippen molar-refractivity contribution in [3.63, 3.8) is 0 Å². The van der Waals surface area contributed by atoms with Crippen LogP contribution in [-0.2, 0) is 4.74 Å². The molecule has 3 nitrogen and oxygen atoms in total. The van der Waals surface area contributed by atoms with Gasteiger partial charge in [-0.2, -0.15) is 0 Å². The second-order valence-corrected chi connectivity index (χ2v) is 7.56. The SMILES string of the molecule is CC1CCCC(C)N1NC1C2CCCOC2C1(C)C. The lowest BCUT2D eigenvalue weighted by atomic mass is 9.55. The van der Waals surface area contributed by atoms with Crippen LogP contribution in [0.5, 0.6) is 0 Å². The lowest BCUT2D eigenvalue weighted by molar-refractivity contribution is -0.211. The number of ether oxygens (including phenoxy) is 1. The first-order valence-electron chi connectivity index (χ1n) is 8.18. The van der Waals surface area contributed by atoms with Gasteiger partial charge in [0.25, 0.3) is 0 Å². The van der Waals surface area contributed by atoms with Gasteiger partial charge in [0, 0.05) is 36.1 Å². The molecule has 3 heteroatoms. The Morgan fingerprint density at radius 3 is 2.42 bits per heavy atom. The fourth-order valence-electron chi connectivity index (χ4n) is 4.62. The second kappa shape index (κ2) is 5.01. The van der Waals surface area contributed by atoms with Crippen molar-refractivity contribution in [1.82, 2.24) is 10.4 Å². The van der Waals surface area contributed by atoms with E-state index in [1.54, 1.807) is 0 Å². The Labute approximate surface area is 118 Å². The maximum atomic E-state index is 6.01. The minimum atomic E-state index is 0.280. The van der Waals surface area contributed by atoms with Gasteiger partial charge in [-0.1, -0.05) is 20.3 Å². The molecule has 3 rings (SSSR count). The van der Waals surface area contributed by atoms with Gasteiger partial charge in [0.1, 0.15) is 0 Å². The molecule has 0 aromatic carbocycles. The number of nitrogens with one attached hydrogen (secondary N) is 1. The summed E-state index contributed by atoms with van der Waals surface area (Å²) in [5, 5.41) is 2.54. The van der Waals surface area contributed by atoms with E-state index in [1.807, 2.05) is 0 Å². The van der Waals surface area contributed by atoms with E-state index in [9.17, 15) is 0 Å². The molecule has 1 aliphatic carbocycles. The third-order valence-electron chi connectivity index (χ3n) is 5.81. The molecule has 0 radical (unpaired) electrons. The Morgan fingerprint density at radius 2 is 1.74 bits per heavy atom. The van der Waals surface area contributed by atoms with Gasteiger partial charge in [-0.25, -0.2) is 5.01 Å². The van der Waals surface area contributed by atoms with Crippen molar-refractivity contribution in [3.05, 3.63) is 0 Å². The Hall–Kier alpha value is -0.120. The number of rotatable bonds is 2. The standard InChI is InChI=1S/C16H30N2O/c1-11-7-5-8-12(2)18(11)17-14-13-9-6-10-19-15(13)16(14,3)4/h11-15,17H,5-10H2,1-4H3. The largest absolute Gasteiger partial charge is 0.377 e. The predicted octanol–water partition coefficient (Wildman–Crippen LogP) is 2.96. The van der Waals surface area contributed by atoms with Crippen molar-refractivity contribution in [1.29, 1.82) is 0 Å². The van der Waals surface area contributed by atoms with Crippen LogP contribution in [0.1, 0.15) is 59.8 Å². The van der Waals surface area contributed by atoms with E-state index in [0.29, 0.717) is 24.2 Å². The summed E-state index contributed by atoms with van der Waals surface area (Å²) in [5.74, 6) is 0.727. The second-order valence-electron chi connectivity index (χ2n) is 7.56. The van der Waals surface area contributed by atoms with E-state index >= 15 is 0 Å². The van der Waals surface area contributed by atoms with Crippen molar-refractivity contribution < 1.29 is 4.74 Å². The summed E-state index contributed by atoms with van der Waals surface area (Å²) in [6, 6.07) is 1.94. The fourth-order valence-corrected chi connectivity index (χ4v) is 4.62. The molecule has 0 aromatic heterocycles. The molecule has 3 aliphatic rings. The average Bonchev–Trinajstić information content (AvgIpc) is 2.38. The van der Waals surface area contributed by atoms with Gasteiger partial charge in [0.05, 0.1) is 6.10 Å². The van der Waals surface area contributed by atoms with Gasteiger partial charge in [-0.05, 0) is 39.5 Å². The summed E-state index contributed by atoms with van der Waals surface area (Å²) < 4.78 is 6.01. The first kappa shape index (κ1) is 13.8. The van der Waals surface area contributed by atoms with E-state index in [0.717, 1.165) is 12.5 Å². The van der Waals surface area contributed by atoms with Crippen LogP contribution in [0.4, 0.5) is 0 Å². The fraction of sp³-hybridized carbons (Fsp3) is 1.00. The first-order valence-corrected chi connectivity index (χ1v) is 8.18. The number of piperidine rings is 1. The van der Waals surface area contributed by atoms with E-state index in [4.69, 9.17) is 4.74 Å². The third kappa shape index (κ3) is 2.24. The monoisotopic (exact) mass is 266 g/mol. The number of nitrogens with zero attached hydrogens (tertiary/aromatic N) is 1. The van der Waals surface area contributed by atoms with Crippen molar-refractivity contribution in [3.8, 4) is 0 Å². The highest BCUT2D eigenvalue weighted by Crippen LogP contribution is 2.51. The molecule has 19 heavy (non-hydrogen) atoms. The summed E-state index contributed by atoms with van der Waals surface area (Å²) in [5.41, 5.74) is 4.18. The predicted molar refractivity (Wildman–Crippen MR) is 77.8 cm³/mol.